The van der Waals surface area contributed by atoms with Crippen molar-refractivity contribution in [2.75, 3.05) is 51.2 Å². The topological polar surface area (TPSA) is 103 Å². The van der Waals surface area contributed by atoms with Crippen LogP contribution in [0.2, 0.25) is 0 Å². The molecule has 3 aromatic carbocycles. The first kappa shape index (κ1) is 29.3. The quantitative estimate of drug-likeness (QED) is 0.281. The zero-order valence-electron chi connectivity index (χ0n) is 26.1. The number of carbonyl (C=O) groups excluding carboxylic acids is 2. The van der Waals surface area contributed by atoms with E-state index in [0.717, 1.165) is 16.5 Å². The molecule has 10 nitrogen and oxygen atoms in total. The molecule has 5 heterocycles. The second-order valence-corrected chi connectivity index (χ2v) is 12.7. The van der Waals surface area contributed by atoms with Gasteiger partial charge >= 0.3 is 0 Å². The molecular formula is C36H35FN6O4. The van der Waals surface area contributed by atoms with Crippen molar-refractivity contribution in [2.45, 2.75) is 25.3 Å². The maximum absolute atomic E-state index is 16.2. The molecule has 0 radical (unpaired) electrons. The van der Waals surface area contributed by atoms with Crippen molar-refractivity contribution in [1.82, 2.24) is 24.7 Å². The molecule has 1 atom stereocenters. The summed E-state index contributed by atoms with van der Waals surface area (Å²) in [6, 6.07) is 16.4. The third-order valence-corrected chi connectivity index (χ3v) is 9.69. The number of hydrogen-bond acceptors (Lipinski definition) is 6. The van der Waals surface area contributed by atoms with E-state index in [0.29, 0.717) is 75.5 Å². The van der Waals surface area contributed by atoms with Gasteiger partial charge in [-0.1, -0.05) is 30.3 Å². The number of nitrogens with zero attached hydrogens (tertiary/aromatic N) is 4. The lowest BCUT2D eigenvalue weighted by molar-refractivity contribution is -0.121. The highest BCUT2D eigenvalue weighted by atomic mass is 19.1. The highest BCUT2D eigenvalue weighted by Crippen LogP contribution is 2.47. The Morgan fingerprint density at radius 2 is 1.81 bits per heavy atom. The number of aromatic amines is 1. The standard InChI is InChI=1S/C36H35FN6O4/c1-40-14-16-41(17-15-40)36(46)26-21-43-29-8-4-5-9-30(29)47-35-32(43)25(34(26)45)18-27(37)33(35)42-13-12-23(20-42)39-31(44)11-10-22-19-38-28-7-3-2-6-24(22)28/h2-9,18-19,21,23,38H,10-17,20H2,1H3,(H,39,44). The molecule has 3 aliphatic rings. The van der Waals surface area contributed by atoms with E-state index in [-0.39, 0.29) is 40.2 Å². The fraction of sp³-hybridized carbons (Fsp3) is 0.306. The molecule has 0 bridgehead atoms. The maximum Gasteiger partial charge on any atom is 0.259 e. The second-order valence-electron chi connectivity index (χ2n) is 12.7. The van der Waals surface area contributed by atoms with Crippen LogP contribution in [0, 0.1) is 5.82 Å². The summed E-state index contributed by atoms with van der Waals surface area (Å²) in [7, 11) is 2.00. The summed E-state index contributed by atoms with van der Waals surface area (Å²) in [5, 5.41) is 4.34. The van der Waals surface area contributed by atoms with Gasteiger partial charge in [0.2, 0.25) is 11.3 Å². The van der Waals surface area contributed by atoms with Gasteiger partial charge in [-0.05, 0) is 49.7 Å². The summed E-state index contributed by atoms with van der Waals surface area (Å²) in [5.41, 5.74) is 2.96. The van der Waals surface area contributed by atoms with Crippen LogP contribution in [0.5, 0.6) is 11.5 Å². The predicted molar refractivity (Wildman–Crippen MR) is 178 cm³/mol. The summed E-state index contributed by atoms with van der Waals surface area (Å²) in [5.74, 6) is -0.284. The van der Waals surface area contributed by atoms with E-state index in [2.05, 4.69) is 15.2 Å². The number of carbonyl (C=O) groups is 2. The van der Waals surface area contributed by atoms with E-state index < -0.39 is 11.2 Å². The fourth-order valence-corrected chi connectivity index (χ4v) is 7.15. The second kappa shape index (κ2) is 11.6. The van der Waals surface area contributed by atoms with Gasteiger partial charge in [0.1, 0.15) is 16.8 Å². The Morgan fingerprint density at radius 1 is 1.02 bits per heavy atom. The Bertz CT molecular complexity index is 2110. The number of nitrogens with one attached hydrogen (secondary N) is 2. The van der Waals surface area contributed by atoms with Gasteiger partial charge < -0.3 is 34.3 Å². The molecule has 3 aliphatic heterocycles. The van der Waals surface area contributed by atoms with Gasteiger partial charge in [-0.15, -0.1) is 0 Å². The molecule has 2 fully saturated rings. The Hall–Kier alpha value is -5.16. The van der Waals surface area contributed by atoms with Gasteiger partial charge in [-0.3, -0.25) is 14.4 Å². The van der Waals surface area contributed by atoms with E-state index in [9.17, 15) is 14.4 Å². The Balaban J connectivity index is 1.08. The van der Waals surface area contributed by atoms with Crippen LogP contribution < -0.4 is 20.4 Å². The van der Waals surface area contributed by atoms with Crippen molar-refractivity contribution in [2.24, 2.45) is 0 Å². The van der Waals surface area contributed by atoms with Gasteiger partial charge in [0.15, 0.2) is 17.3 Å². The highest BCUT2D eigenvalue weighted by Gasteiger charge is 2.34. The van der Waals surface area contributed by atoms with Crippen LogP contribution in [-0.2, 0) is 11.2 Å². The monoisotopic (exact) mass is 634 g/mol. The molecule has 2 aromatic heterocycles. The predicted octanol–water partition coefficient (Wildman–Crippen LogP) is 4.43. The number of halogens is 1. The smallest absolute Gasteiger partial charge is 0.259 e. The van der Waals surface area contributed by atoms with Crippen LogP contribution in [-0.4, -0.2) is 83.5 Å². The first-order chi connectivity index (χ1) is 22.9. The molecule has 8 rings (SSSR count). The number of benzene rings is 3. The molecule has 1 unspecified atom stereocenters. The van der Waals surface area contributed by atoms with Crippen molar-refractivity contribution < 1.29 is 18.7 Å². The van der Waals surface area contributed by atoms with Crippen LogP contribution >= 0.6 is 0 Å². The number of aromatic nitrogens is 2. The van der Waals surface area contributed by atoms with E-state index in [4.69, 9.17) is 4.74 Å². The number of amides is 2. The van der Waals surface area contributed by atoms with E-state index in [1.165, 1.54) is 6.07 Å². The van der Waals surface area contributed by atoms with Gasteiger partial charge in [-0.25, -0.2) is 4.39 Å². The summed E-state index contributed by atoms with van der Waals surface area (Å²) in [6.45, 7) is 3.35. The summed E-state index contributed by atoms with van der Waals surface area (Å²) < 4.78 is 24.3. The molecule has 47 heavy (non-hydrogen) atoms. The van der Waals surface area contributed by atoms with Gasteiger partial charge in [0.25, 0.3) is 5.91 Å². The van der Waals surface area contributed by atoms with Crippen LogP contribution in [0.25, 0.3) is 27.5 Å². The molecule has 240 valence electrons. The molecule has 0 saturated carbocycles. The van der Waals surface area contributed by atoms with E-state index in [1.807, 2.05) is 60.6 Å². The molecule has 2 amide bonds. The molecule has 0 aliphatic carbocycles. The number of hydrogen-bond donors (Lipinski definition) is 2. The largest absolute Gasteiger partial charge is 0.451 e. The number of fused-ring (bicyclic) bond motifs is 3. The Kier molecular flexibility index (Phi) is 7.20. The number of anilines is 1. The van der Waals surface area contributed by atoms with Gasteiger partial charge in [0.05, 0.1) is 11.1 Å². The third kappa shape index (κ3) is 5.11. The summed E-state index contributed by atoms with van der Waals surface area (Å²) in [6.07, 6.45) is 5.12. The van der Waals surface area contributed by atoms with Crippen LogP contribution in [0.1, 0.15) is 28.8 Å². The number of para-hydroxylation sites is 3. The SMILES string of the molecule is CN1CCN(C(=O)c2cn3c4c(c(N5CCC(NC(=O)CCc6c[nH]c7ccccc67)C5)c(F)cc4c2=O)Oc2ccccc2-3)CC1. The number of piperazine rings is 1. The number of ether oxygens (including phenoxy) is 1. The molecule has 11 heteroatoms. The van der Waals surface area contributed by atoms with Crippen LogP contribution in [0.15, 0.2) is 71.8 Å². The minimum atomic E-state index is -0.606. The average Bonchev–Trinajstić information content (AvgIpc) is 3.71. The Labute approximate surface area is 270 Å². The summed E-state index contributed by atoms with van der Waals surface area (Å²) in [4.78, 5) is 49.4. The third-order valence-electron chi connectivity index (χ3n) is 9.69. The average molecular weight is 635 g/mol. The molecule has 5 aromatic rings. The van der Waals surface area contributed by atoms with Crippen molar-refractivity contribution in [3.8, 4) is 17.2 Å². The van der Waals surface area contributed by atoms with Gasteiger partial charge in [0, 0.05) is 75.0 Å². The lowest BCUT2D eigenvalue weighted by Crippen LogP contribution is -2.48. The number of aryl methyl sites for hydroxylation is 1. The number of H-pyrrole nitrogens is 1. The van der Waals surface area contributed by atoms with E-state index >= 15 is 4.39 Å². The number of rotatable bonds is 6. The van der Waals surface area contributed by atoms with Gasteiger partial charge in [-0.2, -0.15) is 0 Å². The van der Waals surface area contributed by atoms with Crippen LogP contribution in [0.4, 0.5) is 10.1 Å². The highest BCUT2D eigenvalue weighted by molar-refractivity contribution is 6.01. The van der Waals surface area contributed by atoms with E-state index in [1.54, 1.807) is 21.7 Å². The van der Waals surface area contributed by atoms with Crippen molar-refractivity contribution in [3.63, 3.8) is 0 Å². The van der Waals surface area contributed by atoms with Crippen molar-refractivity contribution in [3.05, 3.63) is 94.2 Å². The number of likely N-dealkylation sites (N-methyl/N-ethyl adjacent to an activating group) is 1. The molecule has 2 saturated heterocycles. The zero-order valence-corrected chi connectivity index (χ0v) is 26.1. The summed E-state index contributed by atoms with van der Waals surface area (Å²) >= 11 is 0. The molecular weight excluding hydrogens is 599 g/mol. The minimum absolute atomic E-state index is 0.00782. The first-order valence-corrected chi connectivity index (χ1v) is 16.1. The fourth-order valence-electron chi connectivity index (χ4n) is 7.15. The minimum Gasteiger partial charge on any atom is -0.451 e. The number of pyridine rings is 1. The normalized spacial score (nSPS) is 17.6. The molecule has 0 spiro atoms. The van der Waals surface area contributed by atoms with Crippen LogP contribution in [0.3, 0.4) is 0 Å². The lowest BCUT2D eigenvalue weighted by atomic mass is 10.0. The first-order valence-electron chi connectivity index (χ1n) is 16.1. The Morgan fingerprint density at radius 3 is 2.66 bits per heavy atom. The lowest BCUT2D eigenvalue weighted by Gasteiger charge is -2.33. The van der Waals surface area contributed by atoms with Crippen molar-refractivity contribution >= 4 is 39.3 Å². The van der Waals surface area contributed by atoms with Crippen molar-refractivity contribution in [1.29, 1.82) is 0 Å². The maximum atomic E-state index is 16.2. The zero-order chi connectivity index (χ0) is 32.2. The molecule has 2 N–H and O–H groups in total.